The number of carboxylic acid groups (broad SMARTS) is 1. The summed E-state index contributed by atoms with van der Waals surface area (Å²) in [5, 5.41) is 9.44. The zero-order chi connectivity index (χ0) is 18.6. The van der Waals surface area contributed by atoms with Gasteiger partial charge in [-0.1, -0.05) is 6.07 Å². The van der Waals surface area contributed by atoms with Gasteiger partial charge in [0.1, 0.15) is 5.54 Å². The van der Waals surface area contributed by atoms with Crippen molar-refractivity contribution >= 4 is 11.9 Å². The summed E-state index contributed by atoms with van der Waals surface area (Å²) in [6, 6.07) is 3.59. The van der Waals surface area contributed by atoms with Crippen molar-refractivity contribution in [2.24, 2.45) is 0 Å². The molecule has 1 unspecified atom stereocenters. The van der Waals surface area contributed by atoms with E-state index in [0.717, 1.165) is 5.56 Å². The van der Waals surface area contributed by atoms with Crippen LogP contribution in [0.2, 0.25) is 0 Å². The van der Waals surface area contributed by atoms with Crippen molar-refractivity contribution < 1.29 is 28.9 Å². The minimum absolute atomic E-state index is 0.167. The fourth-order valence-corrected chi connectivity index (χ4v) is 3.32. The first-order chi connectivity index (χ1) is 11.9. The average Bonchev–Trinajstić information content (AvgIpc) is 3.01. The van der Waals surface area contributed by atoms with Gasteiger partial charge < -0.3 is 24.2 Å². The van der Waals surface area contributed by atoms with Crippen LogP contribution in [0, 0.1) is 0 Å². The third kappa shape index (κ3) is 3.50. The molecule has 2 rings (SSSR count). The third-order valence-corrected chi connectivity index (χ3v) is 4.80. The Morgan fingerprint density at radius 1 is 1.16 bits per heavy atom. The van der Waals surface area contributed by atoms with Crippen LogP contribution in [-0.4, -0.2) is 55.3 Å². The number of rotatable bonds is 7. The first-order valence-electron chi connectivity index (χ1n) is 8.20. The number of aliphatic carboxylic acids is 1. The van der Waals surface area contributed by atoms with Gasteiger partial charge in [0, 0.05) is 13.0 Å². The van der Waals surface area contributed by atoms with E-state index in [1.807, 2.05) is 6.07 Å². The maximum Gasteiger partial charge on any atom is 0.329 e. The molecule has 138 valence electrons. The van der Waals surface area contributed by atoms with Crippen molar-refractivity contribution in [3.05, 3.63) is 17.7 Å². The number of amides is 1. The van der Waals surface area contributed by atoms with Gasteiger partial charge in [0.05, 0.1) is 21.3 Å². The first-order valence-corrected chi connectivity index (χ1v) is 8.20. The fraction of sp³-hybridized carbons (Fsp3) is 0.556. The van der Waals surface area contributed by atoms with Crippen LogP contribution in [0.15, 0.2) is 12.1 Å². The molecule has 0 radical (unpaired) electrons. The van der Waals surface area contributed by atoms with Crippen molar-refractivity contribution in [2.45, 2.75) is 38.1 Å². The van der Waals surface area contributed by atoms with Crippen molar-refractivity contribution in [3.8, 4) is 17.2 Å². The second-order valence-corrected chi connectivity index (χ2v) is 6.22. The fourth-order valence-electron chi connectivity index (χ4n) is 3.32. The second-order valence-electron chi connectivity index (χ2n) is 6.22. The highest BCUT2D eigenvalue weighted by Crippen LogP contribution is 2.40. The Kier molecular flexibility index (Phi) is 5.77. The number of carboxylic acids is 1. The number of benzene rings is 1. The molecular formula is C18H25NO6. The summed E-state index contributed by atoms with van der Waals surface area (Å²) >= 11 is 0. The van der Waals surface area contributed by atoms with Crippen LogP contribution in [0.25, 0.3) is 0 Å². The number of methoxy groups -OCH3 is 3. The van der Waals surface area contributed by atoms with Gasteiger partial charge in [-0.05, 0) is 37.8 Å². The summed E-state index contributed by atoms with van der Waals surface area (Å²) in [7, 11) is 4.60. The Morgan fingerprint density at radius 3 is 2.40 bits per heavy atom. The molecule has 7 heteroatoms. The number of hydrogen-bond donors (Lipinski definition) is 1. The van der Waals surface area contributed by atoms with E-state index in [4.69, 9.17) is 14.2 Å². The molecule has 0 aliphatic carbocycles. The lowest BCUT2D eigenvalue weighted by Gasteiger charge is -2.31. The number of carbonyl (C=O) groups is 2. The zero-order valence-corrected chi connectivity index (χ0v) is 15.1. The van der Waals surface area contributed by atoms with Crippen LogP contribution in [0.4, 0.5) is 0 Å². The molecule has 7 nitrogen and oxygen atoms in total. The molecule has 0 aromatic heterocycles. The summed E-state index contributed by atoms with van der Waals surface area (Å²) in [6.45, 7) is 2.09. The first kappa shape index (κ1) is 18.9. The van der Waals surface area contributed by atoms with E-state index in [1.165, 1.54) is 19.1 Å². The third-order valence-electron chi connectivity index (χ3n) is 4.80. The Morgan fingerprint density at radius 2 is 1.84 bits per heavy atom. The normalized spacial score (nSPS) is 19.6. The molecule has 1 aliphatic rings. The van der Waals surface area contributed by atoms with Crippen molar-refractivity contribution in [3.63, 3.8) is 0 Å². The van der Waals surface area contributed by atoms with Crippen LogP contribution >= 0.6 is 0 Å². The van der Waals surface area contributed by atoms with Crippen molar-refractivity contribution in [1.82, 2.24) is 4.90 Å². The lowest BCUT2D eigenvalue weighted by molar-refractivity contribution is -0.155. The summed E-state index contributed by atoms with van der Waals surface area (Å²) in [6.07, 6.45) is 1.81. The van der Waals surface area contributed by atoms with E-state index in [9.17, 15) is 14.7 Å². The van der Waals surface area contributed by atoms with Gasteiger partial charge >= 0.3 is 5.97 Å². The lowest BCUT2D eigenvalue weighted by atomic mass is 9.98. The molecule has 1 saturated heterocycles. The number of likely N-dealkylation sites (tertiary alicyclic amines) is 1. The largest absolute Gasteiger partial charge is 0.493 e. The Labute approximate surface area is 147 Å². The Hall–Kier alpha value is -2.44. The average molecular weight is 351 g/mol. The minimum atomic E-state index is -1.11. The lowest BCUT2D eigenvalue weighted by Crippen LogP contribution is -2.50. The number of nitrogens with zero attached hydrogens (tertiary/aromatic N) is 1. The van der Waals surface area contributed by atoms with E-state index in [2.05, 4.69) is 0 Å². The molecule has 0 saturated carbocycles. The van der Waals surface area contributed by atoms with Crippen LogP contribution in [-0.2, 0) is 16.0 Å². The number of hydrogen-bond acceptors (Lipinski definition) is 5. The zero-order valence-electron chi connectivity index (χ0n) is 15.1. The maximum atomic E-state index is 12.6. The number of carbonyl (C=O) groups excluding carboxylic acids is 1. The van der Waals surface area contributed by atoms with Gasteiger partial charge in [0.25, 0.3) is 0 Å². The topological polar surface area (TPSA) is 85.3 Å². The minimum Gasteiger partial charge on any atom is -0.493 e. The number of aryl methyl sites for hydroxylation is 1. The van der Waals surface area contributed by atoms with Crippen molar-refractivity contribution in [1.29, 1.82) is 0 Å². The molecule has 0 spiro atoms. The van der Waals surface area contributed by atoms with Crippen molar-refractivity contribution in [2.75, 3.05) is 27.9 Å². The van der Waals surface area contributed by atoms with E-state index in [1.54, 1.807) is 20.1 Å². The molecular weight excluding hydrogens is 326 g/mol. The summed E-state index contributed by atoms with van der Waals surface area (Å²) < 4.78 is 16.0. The van der Waals surface area contributed by atoms with Gasteiger partial charge in [-0.2, -0.15) is 0 Å². The van der Waals surface area contributed by atoms with Crippen LogP contribution in [0.5, 0.6) is 17.2 Å². The predicted octanol–water partition coefficient (Wildman–Crippen LogP) is 2.11. The highest BCUT2D eigenvalue weighted by Gasteiger charge is 2.45. The maximum absolute atomic E-state index is 12.6. The molecule has 1 atom stereocenters. The van der Waals surface area contributed by atoms with Gasteiger partial charge in [-0.15, -0.1) is 0 Å². The molecule has 1 aromatic carbocycles. The number of ether oxygens (including phenoxy) is 3. The highest BCUT2D eigenvalue weighted by atomic mass is 16.5. The monoisotopic (exact) mass is 351 g/mol. The van der Waals surface area contributed by atoms with Gasteiger partial charge in [-0.3, -0.25) is 4.79 Å². The van der Waals surface area contributed by atoms with Gasteiger partial charge in [0.15, 0.2) is 11.5 Å². The quantitative estimate of drug-likeness (QED) is 0.810. The second kappa shape index (κ2) is 7.63. The molecule has 1 heterocycles. The molecule has 1 amide bonds. The summed E-state index contributed by atoms with van der Waals surface area (Å²) in [4.78, 5) is 25.6. The van der Waals surface area contributed by atoms with E-state index in [0.29, 0.717) is 43.1 Å². The van der Waals surface area contributed by atoms with Gasteiger partial charge in [0.2, 0.25) is 11.7 Å². The Bertz CT molecular complexity index is 659. The highest BCUT2D eigenvalue weighted by molar-refractivity contribution is 5.87. The standard InChI is InChI=1S/C18H25NO6/c1-18(17(21)22)10-5-11-19(18)14(20)9-7-12-6-8-13(23-2)16(25-4)15(12)24-3/h6,8H,5,7,9-11H2,1-4H3,(H,21,22). The molecule has 1 fully saturated rings. The summed E-state index contributed by atoms with van der Waals surface area (Å²) in [5.41, 5.74) is -0.302. The smallest absolute Gasteiger partial charge is 0.329 e. The molecule has 25 heavy (non-hydrogen) atoms. The van der Waals surface area contributed by atoms with Crippen LogP contribution < -0.4 is 14.2 Å². The predicted molar refractivity (Wildman–Crippen MR) is 91.4 cm³/mol. The van der Waals surface area contributed by atoms with E-state index >= 15 is 0 Å². The Balaban J connectivity index is 2.16. The van der Waals surface area contributed by atoms with E-state index in [-0.39, 0.29) is 12.3 Å². The molecule has 1 aliphatic heterocycles. The SMILES string of the molecule is COc1ccc(CCC(=O)N2CCCC2(C)C(=O)O)c(OC)c1OC. The van der Waals surface area contributed by atoms with Crippen LogP contribution in [0.3, 0.4) is 0 Å². The van der Waals surface area contributed by atoms with E-state index < -0.39 is 11.5 Å². The molecule has 1 aromatic rings. The summed E-state index contributed by atoms with van der Waals surface area (Å²) in [5.74, 6) is 0.428. The van der Waals surface area contributed by atoms with Gasteiger partial charge in [-0.25, -0.2) is 4.79 Å². The molecule has 1 N–H and O–H groups in total. The van der Waals surface area contributed by atoms with Crippen LogP contribution in [0.1, 0.15) is 31.7 Å². The molecule has 0 bridgehead atoms.